The molecule has 0 unspecified atom stereocenters. The number of hydrogen-bond donors (Lipinski definition) is 0. The number of pyridine rings is 1. The second-order valence-corrected chi connectivity index (χ2v) is 9.03. The number of benzene rings is 1. The lowest BCUT2D eigenvalue weighted by Gasteiger charge is -2.32. The van der Waals surface area contributed by atoms with E-state index in [9.17, 15) is 5.26 Å². The van der Waals surface area contributed by atoms with Gasteiger partial charge in [-0.25, -0.2) is 4.98 Å². The molecule has 1 aromatic carbocycles. The fourth-order valence-electron chi connectivity index (χ4n) is 4.48. The normalized spacial score (nSPS) is 13.5. The summed E-state index contributed by atoms with van der Waals surface area (Å²) in [5, 5.41) is 14.7. The number of aromatic nitrogens is 4. The first-order valence-corrected chi connectivity index (χ1v) is 13.2. The summed E-state index contributed by atoms with van der Waals surface area (Å²) in [6, 6.07) is 11.1. The highest BCUT2D eigenvalue weighted by Crippen LogP contribution is 2.42. The fourth-order valence-corrected chi connectivity index (χ4v) is 5.03. The summed E-state index contributed by atoms with van der Waals surface area (Å²) in [4.78, 5) is 7.11. The standard InChI is InChI=1S/C24H23BrN6.2C2H6/c1-29-15-20(18-5-3-17(4-6-18)19-12-28-30(2)14-19)22-23(21(25)13-27-24(22)29)31-9-7-16(11-26)8-10-31;2*1-2/h3-6,12-16H,7-10H2,1-2H3;2*1-2H3. The molecule has 1 fully saturated rings. The number of aryl methyl sites for hydroxylation is 2. The summed E-state index contributed by atoms with van der Waals surface area (Å²) in [6.45, 7) is 9.76. The highest BCUT2D eigenvalue weighted by Gasteiger charge is 2.25. The largest absolute Gasteiger partial charge is 0.370 e. The molecule has 184 valence electrons. The molecule has 0 amide bonds. The van der Waals surface area contributed by atoms with Gasteiger partial charge in [0.2, 0.25) is 0 Å². The molecule has 4 aromatic rings. The molecule has 0 bridgehead atoms. The molecule has 35 heavy (non-hydrogen) atoms. The van der Waals surface area contributed by atoms with Crippen molar-refractivity contribution in [1.29, 1.82) is 5.26 Å². The van der Waals surface area contributed by atoms with E-state index in [1.807, 2.05) is 65.1 Å². The molecule has 5 rings (SSSR count). The zero-order chi connectivity index (χ0) is 25.5. The Morgan fingerprint density at radius 3 is 2.11 bits per heavy atom. The van der Waals surface area contributed by atoms with Crippen LogP contribution in [0.4, 0.5) is 5.69 Å². The van der Waals surface area contributed by atoms with Gasteiger partial charge in [-0.15, -0.1) is 0 Å². The van der Waals surface area contributed by atoms with Crippen LogP contribution >= 0.6 is 15.9 Å². The Labute approximate surface area is 217 Å². The number of nitriles is 1. The van der Waals surface area contributed by atoms with E-state index in [1.165, 1.54) is 11.3 Å². The first-order chi connectivity index (χ1) is 17.0. The molecule has 0 atom stereocenters. The maximum atomic E-state index is 9.28. The highest BCUT2D eigenvalue weighted by atomic mass is 79.9. The Bertz CT molecular complexity index is 1290. The van der Waals surface area contributed by atoms with Crippen LogP contribution in [-0.4, -0.2) is 32.4 Å². The predicted molar refractivity (Wildman–Crippen MR) is 149 cm³/mol. The minimum atomic E-state index is 0.155. The molecule has 4 heterocycles. The summed E-state index contributed by atoms with van der Waals surface area (Å²) in [5.74, 6) is 0.155. The van der Waals surface area contributed by atoms with Gasteiger partial charge in [0.05, 0.1) is 27.8 Å². The number of hydrogen-bond acceptors (Lipinski definition) is 4. The van der Waals surface area contributed by atoms with E-state index in [-0.39, 0.29) is 5.92 Å². The third-order valence-corrected chi connectivity index (χ3v) is 6.72. The summed E-state index contributed by atoms with van der Waals surface area (Å²) in [7, 11) is 3.97. The fraction of sp³-hybridized carbons (Fsp3) is 0.393. The lowest BCUT2D eigenvalue weighted by atomic mass is 9.97. The first kappa shape index (κ1) is 26.5. The second kappa shape index (κ2) is 12.0. The zero-order valence-electron chi connectivity index (χ0n) is 21.6. The monoisotopic (exact) mass is 534 g/mol. The Balaban J connectivity index is 0.000000815. The van der Waals surface area contributed by atoms with E-state index in [4.69, 9.17) is 4.98 Å². The van der Waals surface area contributed by atoms with Crippen molar-refractivity contribution in [3.8, 4) is 28.3 Å². The van der Waals surface area contributed by atoms with Crippen LogP contribution in [0.1, 0.15) is 40.5 Å². The highest BCUT2D eigenvalue weighted by molar-refractivity contribution is 9.10. The van der Waals surface area contributed by atoms with E-state index in [2.05, 4.69) is 67.0 Å². The molecule has 0 spiro atoms. The van der Waals surface area contributed by atoms with Gasteiger partial charge < -0.3 is 9.47 Å². The van der Waals surface area contributed by atoms with Crippen LogP contribution in [0, 0.1) is 17.2 Å². The van der Waals surface area contributed by atoms with E-state index >= 15 is 0 Å². The van der Waals surface area contributed by atoms with Crippen molar-refractivity contribution >= 4 is 32.7 Å². The maximum Gasteiger partial charge on any atom is 0.142 e. The molecular weight excluding hydrogens is 500 g/mol. The number of halogens is 1. The van der Waals surface area contributed by atoms with E-state index in [0.717, 1.165) is 58.1 Å². The molecule has 0 N–H and O–H groups in total. The summed E-state index contributed by atoms with van der Waals surface area (Å²) < 4.78 is 4.91. The van der Waals surface area contributed by atoms with Gasteiger partial charge in [-0.1, -0.05) is 52.0 Å². The van der Waals surface area contributed by atoms with Crippen molar-refractivity contribution in [1.82, 2.24) is 19.3 Å². The SMILES string of the molecule is CC.CC.Cn1cc(-c2ccc(-c3cn(C)c4ncc(Br)c(N5CCC(C#N)CC5)c34)cc2)cn1. The predicted octanol–water partition coefficient (Wildman–Crippen LogP) is 7.20. The minimum absolute atomic E-state index is 0.155. The molecule has 1 aliphatic rings. The van der Waals surface area contributed by atoms with Crippen LogP contribution in [-0.2, 0) is 14.1 Å². The van der Waals surface area contributed by atoms with Crippen LogP contribution in [0.15, 0.2) is 53.5 Å². The lowest BCUT2D eigenvalue weighted by Crippen LogP contribution is -2.33. The van der Waals surface area contributed by atoms with Crippen molar-refractivity contribution in [2.75, 3.05) is 18.0 Å². The molecule has 0 saturated carbocycles. The Morgan fingerprint density at radius 1 is 0.914 bits per heavy atom. The number of anilines is 1. The van der Waals surface area contributed by atoms with Gasteiger partial charge in [-0.05, 0) is 39.9 Å². The van der Waals surface area contributed by atoms with Crippen molar-refractivity contribution in [2.45, 2.75) is 40.5 Å². The van der Waals surface area contributed by atoms with Crippen LogP contribution in [0.2, 0.25) is 0 Å². The summed E-state index contributed by atoms with van der Waals surface area (Å²) >= 11 is 3.76. The number of rotatable bonds is 3. The van der Waals surface area contributed by atoms with Gasteiger partial charge in [0.25, 0.3) is 0 Å². The van der Waals surface area contributed by atoms with Crippen LogP contribution in [0.3, 0.4) is 0 Å². The van der Waals surface area contributed by atoms with Gasteiger partial charge in [0.15, 0.2) is 0 Å². The smallest absolute Gasteiger partial charge is 0.142 e. The van der Waals surface area contributed by atoms with Gasteiger partial charge >= 0.3 is 0 Å². The van der Waals surface area contributed by atoms with Crippen molar-refractivity contribution in [3.63, 3.8) is 0 Å². The Kier molecular flexibility index (Phi) is 9.11. The third kappa shape index (κ3) is 5.43. The van der Waals surface area contributed by atoms with Gasteiger partial charge in [0, 0.05) is 62.8 Å². The molecule has 0 aliphatic carbocycles. The summed E-state index contributed by atoms with van der Waals surface area (Å²) in [5.41, 5.74) is 6.72. The van der Waals surface area contributed by atoms with E-state index in [1.54, 1.807) is 0 Å². The zero-order valence-corrected chi connectivity index (χ0v) is 23.2. The van der Waals surface area contributed by atoms with Crippen molar-refractivity contribution in [3.05, 3.63) is 53.5 Å². The molecular formula is C28H35BrN6. The lowest BCUT2D eigenvalue weighted by molar-refractivity contribution is 0.488. The van der Waals surface area contributed by atoms with Gasteiger partial charge in [-0.3, -0.25) is 4.68 Å². The second-order valence-electron chi connectivity index (χ2n) is 8.18. The average Bonchev–Trinajstić information content (AvgIpc) is 3.50. The first-order valence-electron chi connectivity index (χ1n) is 12.4. The van der Waals surface area contributed by atoms with Crippen LogP contribution < -0.4 is 4.90 Å². The molecule has 3 aromatic heterocycles. The van der Waals surface area contributed by atoms with Crippen molar-refractivity contribution < 1.29 is 0 Å². The van der Waals surface area contributed by atoms with Crippen LogP contribution in [0.25, 0.3) is 33.3 Å². The van der Waals surface area contributed by atoms with Gasteiger partial charge in [-0.2, -0.15) is 10.4 Å². The number of fused-ring (bicyclic) bond motifs is 1. The quantitative estimate of drug-likeness (QED) is 0.278. The summed E-state index contributed by atoms with van der Waals surface area (Å²) in [6.07, 6.45) is 9.76. The molecule has 7 heteroatoms. The number of piperidine rings is 1. The minimum Gasteiger partial charge on any atom is -0.370 e. The molecule has 1 saturated heterocycles. The number of nitrogens with zero attached hydrogens (tertiary/aromatic N) is 6. The Hall–Kier alpha value is -3.11. The Morgan fingerprint density at radius 2 is 1.54 bits per heavy atom. The molecule has 6 nitrogen and oxygen atoms in total. The van der Waals surface area contributed by atoms with Crippen LogP contribution in [0.5, 0.6) is 0 Å². The van der Waals surface area contributed by atoms with Crippen molar-refractivity contribution in [2.24, 2.45) is 20.0 Å². The molecule has 1 aliphatic heterocycles. The maximum absolute atomic E-state index is 9.28. The van der Waals surface area contributed by atoms with E-state index < -0.39 is 0 Å². The third-order valence-electron chi connectivity index (χ3n) is 6.14. The average molecular weight is 536 g/mol. The topological polar surface area (TPSA) is 62.7 Å². The van der Waals surface area contributed by atoms with E-state index in [0.29, 0.717) is 0 Å². The molecule has 0 radical (unpaired) electrons. The van der Waals surface area contributed by atoms with Gasteiger partial charge in [0.1, 0.15) is 5.65 Å².